The summed E-state index contributed by atoms with van der Waals surface area (Å²) in [6, 6.07) is 44.1. The quantitative estimate of drug-likeness (QED) is 0.0691. The molecule has 0 aliphatic heterocycles. The number of benzene rings is 6. The maximum absolute atomic E-state index is 13.1. The van der Waals surface area contributed by atoms with Crippen LogP contribution in [0.15, 0.2) is 146 Å². The molecule has 0 heterocycles. The first-order chi connectivity index (χ1) is 22.5. The largest absolute Gasteiger partial charge is 0.478 e. The van der Waals surface area contributed by atoms with Gasteiger partial charge in [0.1, 0.15) is 23.9 Å². The van der Waals surface area contributed by atoms with Crippen molar-refractivity contribution >= 4 is 11.9 Å². The molecule has 0 aliphatic carbocycles. The number of hydrogen-bond donors (Lipinski definition) is 2. The summed E-state index contributed by atoms with van der Waals surface area (Å²) in [5, 5.41) is 18.7. The van der Waals surface area contributed by atoms with Gasteiger partial charge in [0.15, 0.2) is 0 Å². The van der Waals surface area contributed by atoms with Crippen molar-refractivity contribution in [2.75, 3.05) is 0 Å². The predicted octanol–water partition coefficient (Wildman–Crippen LogP) is 9.39. The van der Waals surface area contributed by atoms with Crippen LogP contribution in [0.3, 0.4) is 0 Å². The third kappa shape index (κ3) is 6.87. The van der Waals surface area contributed by atoms with Gasteiger partial charge in [-0.1, -0.05) is 103 Å². The van der Waals surface area contributed by atoms with Gasteiger partial charge in [0.05, 0.1) is 11.1 Å². The number of carboxylic acid groups (broad SMARTS) is 1. The van der Waals surface area contributed by atoms with Crippen molar-refractivity contribution in [1.82, 2.24) is 0 Å². The average Bonchev–Trinajstić information content (AvgIpc) is 3.10. The molecule has 0 saturated heterocycles. The lowest BCUT2D eigenvalue weighted by atomic mass is 9.99. The molecule has 2 N–H and O–H groups in total. The van der Waals surface area contributed by atoms with E-state index in [1.165, 1.54) is 12.1 Å². The second-order valence-corrected chi connectivity index (χ2v) is 10.4. The van der Waals surface area contributed by atoms with E-state index in [0.29, 0.717) is 22.6 Å². The van der Waals surface area contributed by atoms with Crippen molar-refractivity contribution in [1.29, 1.82) is 0 Å². The Bertz CT molecular complexity index is 1970. The number of carbonyl (C=O) groups is 2. The van der Waals surface area contributed by atoms with E-state index in [1.54, 1.807) is 18.2 Å². The topological polar surface area (TPSA) is 102 Å². The summed E-state index contributed by atoms with van der Waals surface area (Å²) in [6.45, 7) is -0.0184. The Hall–Kier alpha value is -6.02. The molecule has 0 saturated carbocycles. The molecule has 0 aromatic heterocycles. The first-order valence-electron chi connectivity index (χ1n) is 14.5. The summed E-state index contributed by atoms with van der Waals surface area (Å²) < 4.78 is 11.8. The fraction of sp³-hybridized carbons (Fsp3) is 0.0256. The average molecular weight is 609 g/mol. The molecule has 6 rings (SSSR count). The first kappa shape index (κ1) is 30.0. The van der Waals surface area contributed by atoms with Gasteiger partial charge >= 0.3 is 11.9 Å². The van der Waals surface area contributed by atoms with Gasteiger partial charge in [0, 0.05) is 5.56 Å². The van der Waals surface area contributed by atoms with E-state index in [-0.39, 0.29) is 23.5 Å². The zero-order valence-electron chi connectivity index (χ0n) is 24.5. The highest BCUT2D eigenvalue weighted by atomic mass is 17.1. The zero-order valence-corrected chi connectivity index (χ0v) is 24.5. The molecule has 226 valence electrons. The Kier molecular flexibility index (Phi) is 8.97. The fourth-order valence-corrected chi connectivity index (χ4v) is 5.08. The highest BCUT2D eigenvalue weighted by Crippen LogP contribution is 2.33. The molecule has 0 unspecified atom stereocenters. The molecule has 6 aromatic carbocycles. The van der Waals surface area contributed by atoms with Crippen molar-refractivity contribution < 1.29 is 34.3 Å². The third-order valence-electron chi connectivity index (χ3n) is 7.45. The standard InChI is InChI=1S/C39H28O7/c40-38(41)35-22-17-30(26-7-3-1-4-8-26)23-36(35)39(42)46-34-20-15-29(16-21-34)28-13-18-33(19-14-28)45-37-24-31(11-12-32(37)25-44-43)27-9-5-2-6-10-27/h1-24,43H,25H2,(H,40,41). The molecular weight excluding hydrogens is 580 g/mol. The summed E-state index contributed by atoms with van der Waals surface area (Å²) in [5.41, 5.74) is 5.89. The number of rotatable bonds is 10. The van der Waals surface area contributed by atoms with E-state index in [9.17, 15) is 14.7 Å². The highest BCUT2D eigenvalue weighted by Gasteiger charge is 2.20. The van der Waals surface area contributed by atoms with Crippen molar-refractivity contribution in [2.24, 2.45) is 0 Å². The molecular formula is C39H28O7. The van der Waals surface area contributed by atoms with Gasteiger partial charge in [-0.15, -0.1) is 0 Å². The van der Waals surface area contributed by atoms with E-state index in [0.717, 1.165) is 27.8 Å². The summed E-state index contributed by atoms with van der Waals surface area (Å²) in [5.74, 6) is -0.518. The van der Waals surface area contributed by atoms with Crippen LogP contribution in [0.25, 0.3) is 33.4 Å². The maximum atomic E-state index is 13.1. The van der Waals surface area contributed by atoms with E-state index in [2.05, 4.69) is 4.89 Å². The van der Waals surface area contributed by atoms with Gasteiger partial charge in [-0.2, -0.15) is 0 Å². The second kappa shape index (κ2) is 13.7. The Morgan fingerprint density at radius 3 is 1.59 bits per heavy atom. The van der Waals surface area contributed by atoms with Crippen molar-refractivity contribution in [3.05, 3.63) is 162 Å². The Morgan fingerprint density at radius 1 is 0.522 bits per heavy atom. The van der Waals surface area contributed by atoms with Crippen molar-refractivity contribution in [2.45, 2.75) is 6.61 Å². The lowest BCUT2D eigenvalue weighted by Gasteiger charge is -2.13. The maximum Gasteiger partial charge on any atom is 0.344 e. The van der Waals surface area contributed by atoms with Gasteiger partial charge in [0.25, 0.3) is 0 Å². The second-order valence-electron chi connectivity index (χ2n) is 10.4. The molecule has 0 atom stereocenters. The predicted molar refractivity (Wildman–Crippen MR) is 175 cm³/mol. The highest BCUT2D eigenvalue weighted by molar-refractivity contribution is 6.04. The van der Waals surface area contributed by atoms with E-state index in [1.807, 2.05) is 115 Å². The monoisotopic (exact) mass is 608 g/mol. The van der Waals surface area contributed by atoms with Crippen LogP contribution in [0, 0.1) is 0 Å². The van der Waals surface area contributed by atoms with Gasteiger partial charge < -0.3 is 14.6 Å². The molecule has 7 nitrogen and oxygen atoms in total. The smallest absolute Gasteiger partial charge is 0.344 e. The van der Waals surface area contributed by atoms with Crippen LogP contribution in [0.1, 0.15) is 26.3 Å². The Morgan fingerprint density at radius 2 is 1.02 bits per heavy atom. The minimum Gasteiger partial charge on any atom is -0.478 e. The first-order valence-corrected chi connectivity index (χ1v) is 14.5. The van der Waals surface area contributed by atoms with Crippen LogP contribution in [-0.4, -0.2) is 22.3 Å². The lowest BCUT2D eigenvalue weighted by molar-refractivity contribution is -0.253. The Balaban J connectivity index is 1.17. The van der Waals surface area contributed by atoms with E-state index >= 15 is 0 Å². The molecule has 0 bridgehead atoms. The Labute approximate surface area is 265 Å². The van der Waals surface area contributed by atoms with Crippen LogP contribution in [0.5, 0.6) is 17.2 Å². The summed E-state index contributed by atoms with van der Waals surface area (Å²) in [7, 11) is 0. The fourth-order valence-electron chi connectivity index (χ4n) is 5.08. The zero-order chi connectivity index (χ0) is 31.9. The van der Waals surface area contributed by atoms with Crippen molar-refractivity contribution in [3.63, 3.8) is 0 Å². The lowest BCUT2D eigenvalue weighted by Crippen LogP contribution is -2.14. The van der Waals surface area contributed by atoms with Crippen LogP contribution in [0.4, 0.5) is 0 Å². The number of ether oxygens (including phenoxy) is 2. The van der Waals surface area contributed by atoms with Crippen LogP contribution < -0.4 is 9.47 Å². The normalized spacial score (nSPS) is 10.7. The molecule has 7 heteroatoms. The van der Waals surface area contributed by atoms with Crippen LogP contribution in [-0.2, 0) is 11.5 Å². The number of aromatic carboxylic acids is 1. The van der Waals surface area contributed by atoms with Gasteiger partial charge in [-0.25, -0.2) is 14.5 Å². The molecule has 0 amide bonds. The number of hydrogen-bond acceptors (Lipinski definition) is 6. The van der Waals surface area contributed by atoms with E-state index < -0.39 is 11.9 Å². The number of carboxylic acids is 1. The minimum absolute atomic E-state index is 0.0184. The molecule has 0 spiro atoms. The summed E-state index contributed by atoms with van der Waals surface area (Å²) >= 11 is 0. The molecule has 0 radical (unpaired) electrons. The van der Waals surface area contributed by atoms with Gasteiger partial charge in [-0.05, 0) is 75.8 Å². The molecule has 0 aliphatic rings. The number of esters is 1. The van der Waals surface area contributed by atoms with E-state index in [4.69, 9.17) is 14.7 Å². The van der Waals surface area contributed by atoms with Crippen LogP contribution >= 0.6 is 0 Å². The summed E-state index contributed by atoms with van der Waals surface area (Å²) in [4.78, 5) is 29.3. The molecule has 46 heavy (non-hydrogen) atoms. The molecule has 0 fully saturated rings. The van der Waals surface area contributed by atoms with Crippen LogP contribution in [0.2, 0.25) is 0 Å². The van der Waals surface area contributed by atoms with Gasteiger partial charge in [-0.3, -0.25) is 5.26 Å². The summed E-state index contributed by atoms with van der Waals surface area (Å²) in [6.07, 6.45) is 0. The SMILES string of the molecule is O=C(O)c1ccc(-c2ccccc2)cc1C(=O)Oc1ccc(-c2ccc(Oc3cc(-c4ccccc4)ccc3COO)cc2)cc1. The number of carbonyl (C=O) groups excluding carboxylic acids is 1. The van der Waals surface area contributed by atoms with Gasteiger partial charge in [0.2, 0.25) is 0 Å². The molecule has 6 aromatic rings. The minimum atomic E-state index is -1.21. The third-order valence-corrected chi connectivity index (χ3v) is 7.45. The van der Waals surface area contributed by atoms with Crippen molar-refractivity contribution in [3.8, 4) is 50.6 Å².